The molecule has 0 fully saturated rings. The molecule has 0 atom stereocenters. The summed E-state index contributed by atoms with van der Waals surface area (Å²) >= 11 is 1.15. The van der Waals surface area contributed by atoms with Crippen LogP contribution in [0.3, 0.4) is 0 Å². The van der Waals surface area contributed by atoms with Gasteiger partial charge < -0.3 is 11.1 Å². The van der Waals surface area contributed by atoms with Gasteiger partial charge in [0.15, 0.2) is 0 Å². The van der Waals surface area contributed by atoms with Gasteiger partial charge in [0.25, 0.3) is 10.0 Å². The van der Waals surface area contributed by atoms with Crippen molar-refractivity contribution in [2.75, 3.05) is 6.54 Å². The monoisotopic (exact) mass is 333 g/mol. The number of amides is 1. The van der Waals surface area contributed by atoms with E-state index in [1.807, 2.05) is 13.8 Å². The summed E-state index contributed by atoms with van der Waals surface area (Å²) in [6.45, 7) is 5.83. The molecule has 0 aliphatic carbocycles. The first-order valence-electron chi connectivity index (χ1n) is 6.85. The van der Waals surface area contributed by atoms with E-state index >= 15 is 0 Å². The third kappa shape index (κ3) is 4.77. The lowest BCUT2D eigenvalue weighted by Crippen LogP contribution is -2.52. The molecule has 1 heterocycles. The van der Waals surface area contributed by atoms with Crippen LogP contribution in [0.1, 0.15) is 38.5 Å². The highest BCUT2D eigenvalue weighted by Gasteiger charge is 2.31. The topological polar surface area (TPSA) is 101 Å². The van der Waals surface area contributed by atoms with E-state index in [-0.39, 0.29) is 16.7 Å². The number of sulfonamides is 1. The molecule has 1 aromatic rings. The second kappa shape index (κ2) is 7.35. The third-order valence-corrected chi connectivity index (χ3v) is 6.66. The molecule has 21 heavy (non-hydrogen) atoms. The van der Waals surface area contributed by atoms with Crippen molar-refractivity contribution in [1.82, 2.24) is 10.0 Å². The zero-order chi connectivity index (χ0) is 16.1. The van der Waals surface area contributed by atoms with E-state index in [0.29, 0.717) is 19.4 Å². The fourth-order valence-corrected chi connectivity index (χ4v) is 4.72. The Bertz CT molecular complexity index is 569. The summed E-state index contributed by atoms with van der Waals surface area (Å²) in [7, 11) is -3.60. The molecule has 0 bridgehead atoms. The van der Waals surface area contributed by atoms with Crippen LogP contribution < -0.4 is 15.8 Å². The van der Waals surface area contributed by atoms with Crippen molar-refractivity contribution in [2.24, 2.45) is 5.73 Å². The first-order chi connectivity index (χ1) is 9.78. The van der Waals surface area contributed by atoms with Crippen molar-refractivity contribution in [3.63, 3.8) is 0 Å². The molecule has 0 saturated heterocycles. The highest BCUT2D eigenvalue weighted by atomic mass is 32.2. The van der Waals surface area contributed by atoms with E-state index in [2.05, 4.69) is 10.0 Å². The summed E-state index contributed by atoms with van der Waals surface area (Å²) in [5.41, 5.74) is 5.12. The number of thiophene rings is 1. The highest BCUT2D eigenvalue weighted by molar-refractivity contribution is 7.91. The molecule has 0 aliphatic heterocycles. The second-order valence-electron chi connectivity index (χ2n) is 4.93. The molecular weight excluding hydrogens is 310 g/mol. The molecule has 8 heteroatoms. The molecule has 1 amide bonds. The Kier molecular flexibility index (Phi) is 6.33. The average molecular weight is 333 g/mol. The van der Waals surface area contributed by atoms with Crippen LogP contribution in [-0.2, 0) is 21.4 Å². The summed E-state index contributed by atoms with van der Waals surface area (Å²) in [6.07, 6.45) is 1.26. The Balaban J connectivity index is 2.90. The third-order valence-electron chi connectivity index (χ3n) is 3.51. The lowest BCUT2D eigenvalue weighted by Gasteiger charge is -2.30. The van der Waals surface area contributed by atoms with Crippen LogP contribution >= 0.6 is 11.3 Å². The van der Waals surface area contributed by atoms with E-state index in [1.165, 1.54) is 6.92 Å². The van der Waals surface area contributed by atoms with E-state index in [1.54, 1.807) is 12.1 Å². The molecule has 1 aromatic heterocycles. The van der Waals surface area contributed by atoms with Crippen LogP contribution in [0.5, 0.6) is 0 Å². The normalized spacial score (nSPS) is 12.4. The second-order valence-corrected chi connectivity index (χ2v) is 8.01. The predicted octanol–water partition coefficient (Wildman–Crippen LogP) is 1.18. The quantitative estimate of drug-likeness (QED) is 0.665. The van der Waals surface area contributed by atoms with Crippen molar-refractivity contribution in [2.45, 2.75) is 49.9 Å². The first kappa shape index (κ1) is 18.1. The van der Waals surface area contributed by atoms with Crippen LogP contribution in [-0.4, -0.2) is 26.4 Å². The van der Waals surface area contributed by atoms with Gasteiger partial charge in [-0.05, 0) is 25.0 Å². The van der Waals surface area contributed by atoms with Crippen LogP contribution in [0.4, 0.5) is 0 Å². The summed E-state index contributed by atoms with van der Waals surface area (Å²) < 4.78 is 27.8. The van der Waals surface area contributed by atoms with Gasteiger partial charge in [0.1, 0.15) is 4.21 Å². The minimum Gasteiger partial charge on any atom is -0.351 e. The fourth-order valence-electron chi connectivity index (χ4n) is 1.87. The maximum absolute atomic E-state index is 12.4. The van der Waals surface area contributed by atoms with Crippen LogP contribution in [0.25, 0.3) is 0 Å². The molecule has 120 valence electrons. The zero-order valence-corrected chi connectivity index (χ0v) is 14.2. The molecule has 4 N–H and O–H groups in total. The molecule has 0 spiro atoms. The molecule has 0 saturated carbocycles. The van der Waals surface area contributed by atoms with Gasteiger partial charge in [-0.1, -0.05) is 13.8 Å². The molecular formula is C13H23N3O3S2. The van der Waals surface area contributed by atoms with Crippen molar-refractivity contribution in [1.29, 1.82) is 0 Å². The Morgan fingerprint density at radius 3 is 2.43 bits per heavy atom. The van der Waals surface area contributed by atoms with E-state index in [9.17, 15) is 13.2 Å². The van der Waals surface area contributed by atoms with Crippen molar-refractivity contribution < 1.29 is 13.2 Å². The maximum atomic E-state index is 12.4. The Morgan fingerprint density at radius 1 is 1.33 bits per heavy atom. The molecule has 1 rings (SSSR count). The molecule has 6 nitrogen and oxygen atoms in total. The smallest absolute Gasteiger partial charge is 0.250 e. The van der Waals surface area contributed by atoms with Gasteiger partial charge >= 0.3 is 0 Å². The number of hydrogen-bond donors (Lipinski definition) is 3. The minimum atomic E-state index is -3.60. The number of carbonyl (C=O) groups is 1. The maximum Gasteiger partial charge on any atom is 0.250 e. The Hall–Kier alpha value is -0.960. The number of rotatable bonds is 8. The summed E-state index contributed by atoms with van der Waals surface area (Å²) in [6, 6.07) is 3.26. The standard InChI is InChI=1S/C13H23N3O3S2/c1-4-13(5-2,9-14)16-21(18,19)12-7-6-11(20-12)8-15-10(3)17/h6-7,16H,4-5,8-9,14H2,1-3H3,(H,15,17). The Morgan fingerprint density at radius 2 is 1.95 bits per heavy atom. The van der Waals surface area contributed by atoms with Crippen molar-refractivity contribution in [3.05, 3.63) is 17.0 Å². The summed E-state index contributed by atoms with van der Waals surface area (Å²) in [5, 5.41) is 2.64. The van der Waals surface area contributed by atoms with Gasteiger partial charge in [0.05, 0.1) is 6.54 Å². The number of carbonyl (C=O) groups excluding carboxylic acids is 1. The largest absolute Gasteiger partial charge is 0.351 e. The number of nitrogens with one attached hydrogen (secondary N) is 2. The lowest BCUT2D eigenvalue weighted by atomic mass is 9.95. The first-order valence-corrected chi connectivity index (χ1v) is 9.15. The highest BCUT2D eigenvalue weighted by Crippen LogP contribution is 2.24. The molecule has 0 unspecified atom stereocenters. The predicted molar refractivity (Wildman–Crippen MR) is 84.5 cm³/mol. The molecule has 0 radical (unpaired) electrons. The van der Waals surface area contributed by atoms with Gasteiger partial charge in [-0.25, -0.2) is 13.1 Å². The molecule has 0 aliphatic rings. The van der Waals surface area contributed by atoms with Crippen molar-refractivity contribution >= 4 is 27.3 Å². The van der Waals surface area contributed by atoms with Gasteiger partial charge in [-0.3, -0.25) is 4.79 Å². The van der Waals surface area contributed by atoms with Crippen LogP contribution in [0.15, 0.2) is 16.3 Å². The van der Waals surface area contributed by atoms with Crippen molar-refractivity contribution in [3.8, 4) is 0 Å². The van der Waals surface area contributed by atoms with Gasteiger partial charge in [0, 0.05) is 23.9 Å². The minimum absolute atomic E-state index is 0.148. The zero-order valence-electron chi connectivity index (χ0n) is 12.6. The van der Waals surface area contributed by atoms with Gasteiger partial charge in [0.2, 0.25) is 5.91 Å². The fraction of sp³-hybridized carbons (Fsp3) is 0.615. The van der Waals surface area contributed by atoms with Gasteiger partial charge in [-0.2, -0.15) is 0 Å². The SMILES string of the molecule is CCC(CC)(CN)NS(=O)(=O)c1ccc(CNC(C)=O)s1. The summed E-state index contributed by atoms with van der Waals surface area (Å²) in [4.78, 5) is 11.7. The van der Waals surface area contributed by atoms with E-state index in [0.717, 1.165) is 16.2 Å². The Labute approximate surface area is 130 Å². The summed E-state index contributed by atoms with van der Waals surface area (Å²) in [5.74, 6) is -0.148. The van der Waals surface area contributed by atoms with E-state index in [4.69, 9.17) is 5.73 Å². The average Bonchev–Trinajstić information content (AvgIpc) is 2.92. The number of hydrogen-bond acceptors (Lipinski definition) is 5. The van der Waals surface area contributed by atoms with Crippen LogP contribution in [0.2, 0.25) is 0 Å². The number of nitrogens with two attached hydrogens (primary N) is 1. The van der Waals surface area contributed by atoms with E-state index < -0.39 is 15.6 Å². The lowest BCUT2D eigenvalue weighted by molar-refractivity contribution is -0.119. The van der Waals surface area contributed by atoms with Crippen LogP contribution in [0, 0.1) is 0 Å². The van der Waals surface area contributed by atoms with Gasteiger partial charge in [-0.15, -0.1) is 11.3 Å². The molecule has 0 aromatic carbocycles.